The van der Waals surface area contributed by atoms with Gasteiger partial charge in [0, 0.05) is 24.6 Å². The van der Waals surface area contributed by atoms with Gasteiger partial charge in [0.25, 0.3) is 5.69 Å². The summed E-state index contributed by atoms with van der Waals surface area (Å²) in [6.07, 6.45) is 4.70. The smallest absolute Gasteiger partial charge is 0.331 e. The average Bonchev–Trinajstić information content (AvgIpc) is 2.48. The summed E-state index contributed by atoms with van der Waals surface area (Å²) in [6, 6.07) is 5.91. The summed E-state index contributed by atoms with van der Waals surface area (Å²) in [7, 11) is 0. The van der Waals surface area contributed by atoms with Crippen molar-refractivity contribution in [3.63, 3.8) is 0 Å². The van der Waals surface area contributed by atoms with Crippen molar-refractivity contribution in [2.75, 3.05) is 0 Å². The maximum absolute atomic E-state index is 11.7. The van der Waals surface area contributed by atoms with E-state index in [-0.39, 0.29) is 11.5 Å². The van der Waals surface area contributed by atoms with Crippen molar-refractivity contribution in [3.8, 4) is 0 Å². The minimum atomic E-state index is -0.652. The van der Waals surface area contributed by atoms with E-state index in [1.165, 1.54) is 30.4 Å². The predicted octanol–water partition coefficient (Wildman–Crippen LogP) is 2.66. The van der Waals surface area contributed by atoms with E-state index < -0.39 is 17.0 Å². The monoisotopic (exact) mass is 289 g/mol. The zero-order valence-electron chi connectivity index (χ0n) is 11.4. The first-order chi connectivity index (χ1) is 10.1. The number of hydrogen-bond donors (Lipinski definition) is 0. The molecule has 6 heteroatoms. The summed E-state index contributed by atoms with van der Waals surface area (Å²) in [6.45, 7) is 0. The second-order valence-electron chi connectivity index (χ2n) is 4.82. The Morgan fingerprint density at radius 2 is 2.19 bits per heavy atom. The molecule has 1 atom stereocenters. The first-order valence-electron chi connectivity index (χ1n) is 6.72. The highest BCUT2D eigenvalue weighted by Gasteiger charge is 2.24. The zero-order valence-corrected chi connectivity index (χ0v) is 11.4. The molecule has 1 aromatic carbocycles. The van der Waals surface area contributed by atoms with Crippen LogP contribution in [0.1, 0.15) is 31.2 Å². The Bertz CT molecular complexity index is 593. The molecule has 110 valence electrons. The fraction of sp³-hybridized carbons (Fsp3) is 0.333. The Balaban J connectivity index is 1.97. The normalized spacial score (nSPS) is 18.7. The van der Waals surface area contributed by atoms with Gasteiger partial charge in [-0.15, -0.1) is 0 Å². The lowest BCUT2D eigenvalue weighted by atomic mass is 9.96. The molecule has 0 unspecified atom stereocenters. The van der Waals surface area contributed by atoms with Gasteiger partial charge in [0.15, 0.2) is 11.9 Å². The summed E-state index contributed by atoms with van der Waals surface area (Å²) in [5, 5.41) is 10.6. The molecule has 1 aliphatic carbocycles. The molecule has 0 aromatic heterocycles. The molecule has 0 amide bonds. The Kier molecular flexibility index (Phi) is 4.81. The molecule has 0 spiro atoms. The summed E-state index contributed by atoms with van der Waals surface area (Å²) >= 11 is 0. The number of rotatable bonds is 4. The number of nitro benzene ring substituents is 1. The highest BCUT2D eigenvalue weighted by Crippen LogP contribution is 2.18. The number of Topliss-reactive ketones (excluding diaryl/α,β-unsaturated/α-hetero) is 1. The van der Waals surface area contributed by atoms with Gasteiger partial charge >= 0.3 is 5.97 Å². The van der Waals surface area contributed by atoms with Crippen LogP contribution in [0.5, 0.6) is 0 Å². The number of benzene rings is 1. The van der Waals surface area contributed by atoms with Crippen LogP contribution in [0.2, 0.25) is 0 Å². The van der Waals surface area contributed by atoms with Gasteiger partial charge in [-0.1, -0.05) is 12.1 Å². The van der Waals surface area contributed by atoms with Gasteiger partial charge in [0.2, 0.25) is 0 Å². The maximum Gasteiger partial charge on any atom is 0.331 e. The Morgan fingerprint density at radius 1 is 1.38 bits per heavy atom. The van der Waals surface area contributed by atoms with Crippen molar-refractivity contribution in [2.24, 2.45) is 0 Å². The van der Waals surface area contributed by atoms with Gasteiger partial charge in [0.1, 0.15) is 0 Å². The van der Waals surface area contributed by atoms with E-state index in [9.17, 15) is 19.7 Å². The molecule has 1 aliphatic rings. The second kappa shape index (κ2) is 6.78. The van der Waals surface area contributed by atoms with Crippen molar-refractivity contribution in [2.45, 2.75) is 31.8 Å². The van der Waals surface area contributed by atoms with Crippen molar-refractivity contribution in [1.29, 1.82) is 0 Å². The highest BCUT2D eigenvalue weighted by molar-refractivity contribution is 5.91. The van der Waals surface area contributed by atoms with Gasteiger partial charge in [-0.25, -0.2) is 4.79 Å². The molecule has 1 fully saturated rings. The van der Waals surface area contributed by atoms with Gasteiger partial charge < -0.3 is 4.74 Å². The van der Waals surface area contributed by atoms with E-state index in [1.54, 1.807) is 6.07 Å². The molecule has 1 aromatic rings. The van der Waals surface area contributed by atoms with Crippen LogP contribution in [0.3, 0.4) is 0 Å². The molecule has 0 N–H and O–H groups in total. The highest BCUT2D eigenvalue weighted by atomic mass is 16.6. The van der Waals surface area contributed by atoms with Crippen molar-refractivity contribution >= 4 is 23.5 Å². The van der Waals surface area contributed by atoms with E-state index in [4.69, 9.17) is 4.74 Å². The number of ketones is 1. The Morgan fingerprint density at radius 3 is 2.90 bits per heavy atom. The summed E-state index contributed by atoms with van der Waals surface area (Å²) in [5.74, 6) is -0.653. The number of non-ortho nitro benzene ring substituents is 1. The largest absolute Gasteiger partial charge is 0.451 e. The molecule has 2 rings (SSSR count). The number of esters is 1. The third kappa shape index (κ3) is 4.24. The van der Waals surface area contributed by atoms with E-state index in [0.29, 0.717) is 18.4 Å². The van der Waals surface area contributed by atoms with Gasteiger partial charge in [-0.2, -0.15) is 0 Å². The van der Waals surface area contributed by atoms with Gasteiger partial charge in [-0.3, -0.25) is 14.9 Å². The second-order valence-corrected chi connectivity index (χ2v) is 4.82. The predicted molar refractivity (Wildman–Crippen MR) is 75.5 cm³/mol. The molecular weight excluding hydrogens is 274 g/mol. The maximum atomic E-state index is 11.7. The fourth-order valence-corrected chi connectivity index (χ4v) is 2.16. The average molecular weight is 289 g/mol. The molecule has 1 saturated carbocycles. The van der Waals surface area contributed by atoms with Crippen LogP contribution < -0.4 is 0 Å². The van der Waals surface area contributed by atoms with Crippen LogP contribution in [0.4, 0.5) is 5.69 Å². The molecule has 0 heterocycles. The van der Waals surface area contributed by atoms with Crippen LogP contribution in [-0.2, 0) is 14.3 Å². The molecule has 6 nitrogen and oxygen atoms in total. The van der Waals surface area contributed by atoms with E-state index in [2.05, 4.69) is 0 Å². The van der Waals surface area contributed by atoms with Crippen LogP contribution in [0, 0.1) is 10.1 Å². The lowest BCUT2D eigenvalue weighted by Crippen LogP contribution is -2.29. The first-order valence-corrected chi connectivity index (χ1v) is 6.72. The third-order valence-corrected chi connectivity index (χ3v) is 3.25. The fourth-order valence-electron chi connectivity index (χ4n) is 2.16. The number of carbonyl (C=O) groups excluding carboxylic acids is 2. The van der Waals surface area contributed by atoms with Crippen LogP contribution in [-0.4, -0.2) is 22.8 Å². The lowest BCUT2D eigenvalue weighted by Gasteiger charge is -2.19. The number of hydrogen-bond acceptors (Lipinski definition) is 5. The van der Waals surface area contributed by atoms with Gasteiger partial charge in [-0.05, 0) is 30.9 Å². The molecular formula is C15H15NO5. The quantitative estimate of drug-likeness (QED) is 0.368. The number of nitro groups is 1. The zero-order chi connectivity index (χ0) is 15.2. The Labute approximate surface area is 121 Å². The molecule has 21 heavy (non-hydrogen) atoms. The molecule has 0 aliphatic heterocycles. The van der Waals surface area contributed by atoms with Crippen molar-refractivity contribution in [3.05, 3.63) is 46.0 Å². The minimum absolute atomic E-state index is 0.0432. The summed E-state index contributed by atoms with van der Waals surface area (Å²) in [5.41, 5.74) is 0.476. The van der Waals surface area contributed by atoms with Crippen LogP contribution in [0.25, 0.3) is 6.08 Å². The third-order valence-electron chi connectivity index (χ3n) is 3.25. The summed E-state index contributed by atoms with van der Waals surface area (Å²) < 4.78 is 5.09. The van der Waals surface area contributed by atoms with Crippen molar-refractivity contribution in [1.82, 2.24) is 0 Å². The van der Waals surface area contributed by atoms with E-state index >= 15 is 0 Å². The van der Waals surface area contributed by atoms with Gasteiger partial charge in [0.05, 0.1) is 4.92 Å². The van der Waals surface area contributed by atoms with Crippen molar-refractivity contribution < 1.29 is 19.2 Å². The van der Waals surface area contributed by atoms with Crippen LogP contribution in [0.15, 0.2) is 30.3 Å². The Hall–Kier alpha value is -2.50. The van der Waals surface area contributed by atoms with E-state index in [0.717, 1.165) is 12.8 Å². The topological polar surface area (TPSA) is 86.5 Å². The minimum Gasteiger partial charge on any atom is -0.451 e. The first kappa shape index (κ1) is 14.9. The number of carbonyl (C=O) groups is 2. The van der Waals surface area contributed by atoms with Crippen LogP contribution >= 0.6 is 0 Å². The number of ether oxygens (including phenoxy) is 1. The standard InChI is InChI=1S/C15H15NO5/c17-13-6-1-2-7-14(13)21-15(18)9-8-11-4-3-5-12(10-11)16(19)20/h3-5,8-10,14H,1-2,6-7H2/b9-8+/t14-/m1/s1. The molecule has 0 bridgehead atoms. The number of nitrogens with zero attached hydrogens (tertiary/aromatic N) is 1. The molecule has 0 radical (unpaired) electrons. The van der Waals surface area contributed by atoms with E-state index in [1.807, 2.05) is 0 Å². The lowest BCUT2D eigenvalue weighted by molar-refractivity contribution is -0.384. The molecule has 0 saturated heterocycles. The SMILES string of the molecule is O=C(/C=C/c1cccc([N+](=O)[O-])c1)O[C@@H]1CCCCC1=O. The summed E-state index contributed by atoms with van der Waals surface area (Å²) in [4.78, 5) is 33.3.